The Labute approximate surface area is 422 Å². The molecular weight excluding hydrogens is 873 g/mol. The van der Waals surface area contributed by atoms with Crippen molar-refractivity contribution in [3.63, 3.8) is 0 Å². The second kappa shape index (κ2) is 20.1. The van der Waals surface area contributed by atoms with Gasteiger partial charge >= 0.3 is 0 Å². The maximum absolute atomic E-state index is 2.61. The van der Waals surface area contributed by atoms with Crippen LogP contribution in [0.5, 0.6) is 0 Å². The van der Waals surface area contributed by atoms with Crippen molar-refractivity contribution >= 4 is 36.9 Å². The van der Waals surface area contributed by atoms with Gasteiger partial charge in [-0.1, -0.05) is 217 Å². The normalized spacial score (nSPS) is 15.4. The van der Waals surface area contributed by atoms with E-state index in [0.717, 1.165) is 103 Å². The van der Waals surface area contributed by atoms with Crippen LogP contribution in [0.2, 0.25) is 26.2 Å². The van der Waals surface area contributed by atoms with Crippen LogP contribution in [-0.2, 0) is 103 Å². The summed E-state index contributed by atoms with van der Waals surface area (Å²) in [5.74, 6) is 0. The van der Waals surface area contributed by atoms with Gasteiger partial charge in [-0.3, -0.25) is 0 Å². The van der Waals surface area contributed by atoms with Crippen molar-refractivity contribution in [3.05, 3.63) is 259 Å². The molecule has 352 valence electrons. The average molecular weight is 945 g/mol. The molecule has 2 heteroatoms. The Morgan fingerprint density at radius 2 is 0.329 bits per heavy atom. The predicted octanol–water partition coefficient (Wildman–Crippen LogP) is 12.6. The Morgan fingerprint density at radius 3 is 0.514 bits per heavy atom. The minimum absolute atomic E-state index is 1.12. The monoisotopic (exact) mass is 945 g/mol. The number of hydrogen-bond donors (Lipinski definition) is 0. The van der Waals surface area contributed by atoms with Crippen molar-refractivity contribution in [2.24, 2.45) is 0 Å². The summed E-state index contributed by atoms with van der Waals surface area (Å²) >= 11 is 0. The lowest BCUT2D eigenvalue weighted by molar-refractivity contribution is 0.923. The van der Waals surface area contributed by atoms with Crippen molar-refractivity contribution < 1.29 is 0 Å². The summed E-state index contributed by atoms with van der Waals surface area (Å²) < 4.78 is 0. The van der Waals surface area contributed by atoms with Crippen LogP contribution < -0.4 is 20.7 Å². The van der Waals surface area contributed by atoms with Crippen LogP contribution in [-0.4, -0.2) is 16.1 Å². The van der Waals surface area contributed by atoms with Gasteiger partial charge in [0, 0.05) is 0 Å². The molecule has 0 nitrogen and oxygen atoms in total. The van der Waals surface area contributed by atoms with Gasteiger partial charge in [-0.15, -0.1) is 0 Å². The lowest BCUT2D eigenvalue weighted by Crippen LogP contribution is -2.56. The maximum atomic E-state index is 2.61. The molecule has 16 aliphatic rings. The van der Waals surface area contributed by atoms with Gasteiger partial charge in [0.15, 0.2) is 0 Å². The first-order chi connectivity index (χ1) is 34.1. The summed E-state index contributed by atoms with van der Waals surface area (Å²) in [5, 5.41) is 6.66. The van der Waals surface area contributed by atoms with Crippen molar-refractivity contribution in [3.8, 4) is 0 Å². The first-order valence-corrected chi connectivity index (χ1v) is 32.9. The zero-order valence-corrected chi connectivity index (χ0v) is 44.5. The largest absolute Gasteiger partial charge is 0.112 e. The molecule has 0 spiro atoms. The highest BCUT2D eigenvalue weighted by molar-refractivity contribution is 7.01. The smallest absolute Gasteiger partial charge is 0.0616 e. The van der Waals surface area contributed by atoms with Crippen LogP contribution >= 0.6 is 0 Å². The van der Waals surface area contributed by atoms with Crippen LogP contribution in [0.1, 0.15) is 89.0 Å². The summed E-state index contributed by atoms with van der Waals surface area (Å²) in [6, 6.07) is 67.4. The van der Waals surface area contributed by atoms with Crippen LogP contribution in [0.15, 0.2) is 170 Å². The predicted molar refractivity (Wildman–Crippen MR) is 304 cm³/mol. The van der Waals surface area contributed by atoms with Crippen molar-refractivity contribution in [1.82, 2.24) is 0 Å². The molecule has 8 aromatic rings. The van der Waals surface area contributed by atoms with Crippen molar-refractivity contribution in [2.75, 3.05) is 0 Å². The summed E-state index contributed by atoms with van der Waals surface area (Å²) in [4.78, 5) is 0. The van der Waals surface area contributed by atoms with E-state index in [-0.39, 0.29) is 0 Å². The van der Waals surface area contributed by atoms with Gasteiger partial charge in [0.05, 0.1) is 0 Å². The topological polar surface area (TPSA) is 0 Å². The quantitative estimate of drug-likeness (QED) is 0.154. The van der Waals surface area contributed by atoms with Gasteiger partial charge in [-0.05, 0) is 192 Å². The standard InChI is InChI=1S/2C34H36Si/c2*1-35(2,33-23-29-13-11-25-3-7-27(8-4-25)15-19-31(33)21-17-29)34-24-30-14-12-26-5-9-28(10-6-26)16-20-32(34)22-18-30/h2*3-10,17-18,21-24H,11-16,19-20H2,1-2H3. The van der Waals surface area contributed by atoms with E-state index >= 15 is 0 Å². The Bertz CT molecular complexity index is 2690. The van der Waals surface area contributed by atoms with Crippen LogP contribution in [0.4, 0.5) is 0 Å². The van der Waals surface area contributed by atoms with Crippen LogP contribution in [0.3, 0.4) is 0 Å². The van der Waals surface area contributed by atoms with E-state index in [0.29, 0.717) is 0 Å². The van der Waals surface area contributed by atoms with E-state index in [1.807, 2.05) is 0 Å². The molecule has 0 aliphatic heterocycles. The molecule has 8 aromatic carbocycles. The molecule has 16 aliphatic carbocycles. The van der Waals surface area contributed by atoms with E-state index in [4.69, 9.17) is 0 Å². The highest BCUT2D eigenvalue weighted by atomic mass is 28.3. The first-order valence-electron chi connectivity index (χ1n) is 26.9. The Balaban J connectivity index is 0.000000152. The molecule has 0 heterocycles. The zero-order chi connectivity index (χ0) is 47.7. The zero-order valence-electron chi connectivity index (χ0n) is 42.5. The Morgan fingerprint density at radius 1 is 0.186 bits per heavy atom. The third-order valence-electron chi connectivity index (χ3n) is 17.0. The van der Waals surface area contributed by atoms with E-state index in [1.54, 1.807) is 43.0 Å². The molecule has 0 saturated carbocycles. The van der Waals surface area contributed by atoms with E-state index in [9.17, 15) is 0 Å². The molecule has 0 saturated heterocycles. The SMILES string of the molecule is C[Si](C)(c1cc2ccc1CCc1ccc(cc1)CC2)c1cc2ccc1CCc1ccc(cc1)CC2.C[Si](C)(c1cc2ccc1CCc1ccc(cc1)CC2)c1cc2ccc1CCc1ccc(cc1)CC2. The molecule has 0 aromatic heterocycles. The summed E-state index contributed by atoms with van der Waals surface area (Å²) in [6.45, 7) is 10.4. The van der Waals surface area contributed by atoms with E-state index < -0.39 is 16.1 Å². The number of rotatable bonds is 4. The van der Waals surface area contributed by atoms with Gasteiger partial charge in [-0.25, -0.2) is 0 Å². The number of benzene rings is 8. The van der Waals surface area contributed by atoms with Crippen LogP contribution in [0.25, 0.3) is 0 Å². The molecule has 24 rings (SSSR count). The van der Waals surface area contributed by atoms with Crippen molar-refractivity contribution in [2.45, 2.75) is 129 Å². The van der Waals surface area contributed by atoms with E-state index in [2.05, 4.69) is 196 Å². The molecule has 0 unspecified atom stereocenters. The summed E-state index contributed by atoms with van der Waals surface area (Å²) in [7, 11) is -3.79. The van der Waals surface area contributed by atoms with Crippen LogP contribution in [0, 0.1) is 0 Å². The molecule has 0 amide bonds. The average Bonchev–Trinajstić information content (AvgIpc) is 3.37. The second-order valence-electron chi connectivity index (χ2n) is 22.5. The molecule has 0 radical (unpaired) electrons. The van der Waals surface area contributed by atoms with Gasteiger partial charge in [0.1, 0.15) is 16.1 Å². The summed E-state index contributed by atoms with van der Waals surface area (Å²) in [5.41, 5.74) is 24.0. The molecule has 16 bridgehead atoms. The van der Waals surface area contributed by atoms with Gasteiger partial charge in [0.25, 0.3) is 0 Å². The maximum Gasteiger partial charge on any atom is 0.112 e. The molecule has 0 fully saturated rings. The third kappa shape index (κ3) is 10.3. The van der Waals surface area contributed by atoms with Gasteiger partial charge < -0.3 is 0 Å². The minimum atomic E-state index is -1.90. The molecular formula is C68H72Si2. The lowest BCUT2D eigenvalue weighted by atomic mass is 9.96. The third-order valence-corrected chi connectivity index (χ3v) is 24.3. The van der Waals surface area contributed by atoms with Crippen molar-refractivity contribution in [1.29, 1.82) is 0 Å². The van der Waals surface area contributed by atoms with Gasteiger partial charge in [-0.2, -0.15) is 0 Å². The highest BCUT2D eigenvalue weighted by Crippen LogP contribution is 2.24. The minimum Gasteiger partial charge on any atom is -0.0616 e. The Hall–Kier alpha value is -5.81. The fourth-order valence-corrected chi connectivity index (χ4v) is 19.2. The number of aryl methyl sites for hydroxylation is 16. The van der Waals surface area contributed by atoms with E-state index in [1.165, 1.54) is 66.8 Å². The fourth-order valence-electron chi connectivity index (χ4n) is 12.4. The summed E-state index contributed by atoms with van der Waals surface area (Å²) in [6.07, 6.45) is 18.0. The molecule has 0 N–H and O–H groups in total. The highest BCUT2D eigenvalue weighted by Gasteiger charge is 2.33. The Kier molecular flexibility index (Phi) is 13.4. The first kappa shape index (κ1) is 46.6. The molecule has 70 heavy (non-hydrogen) atoms. The number of hydrogen-bond acceptors (Lipinski definition) is 0. The lowest BCUT2D eigenvalue weighted by Gasteiger charge is -2.31. The second-order valence-corrected chi connectivity index (χ2v) is 31.1. The fraction of sp³-hybridized carbons (Fsp3) is 0.294. The van der Waals surface area contributed by atoms with Gasteiger partial charge in [0.2, 0.25) is 0 Å². The molecule has 0 atom stereocenters.